The predicted molar refractivity (Wildman–Crippen MR) is 50.2 cm³/mol. The van der Waals surface area contributed by atoms with E-state index in [1.807, 2.05) is 6.92 Å². The van der Waals surface area contributed by atoms with Crippen molar-refractivity contribution in [1.29, 1.82) is 0 Å². The van der Waals surface area contributed by atoms with Crippen LogP contribution in [0.5, 0.6) is 0 Å². The lowest BCUT2D eigenvalue weighted by atomic mass is 10.0. The lowest BCUT2D eigenvalue weighted by Gasteiger charge is -2.09. The molecule has 0 N–H and O–H groups in total. The number of hydrogen-bond donors (Lipinski definition) is 0. The molecule has 0 bridgehead atoms. The first-order chi connectivity index (χ1) is 5.33. The van der Waals surface area contributed by atoms with Crippen LogP contribution in [-0.4, -0.2) is 6.61 Å². The van der Waals surface area contributed by atoms with Crippen molar-refractivity contribution < 1.29 is 4.18 Å². The molecule has 0 heterocycles. The van der Waals surface area contributed by atoms with Crippen molar-refractivity contribution >= 4 is 12.0 Å². The van der Waals surface area contributed by atoms with Gasteiger partial charge in [-0.1, -0.05) is 25.2 Å². The normalized spacial score (nSPS) is 23.5. The van der Waals surface area contributed by atoms with Crippen LogP contribution in [0.4, 0.5) is 0 Å². The van der Waals surface area contributed by atoms with Crippen LogP contribution < -0.4 is 0 Å². The summed E-state index contributed by atoms with van der Waals surface area (Å²) in [5.41, 5.74) is 0. The topological polar surface area (TPSA) is 9.23 Å². The molecule has 62 valence electrons. The molecular formula is C9H14OS. The Hall–Kier alpha value is -0.210. The van der Waals surface area contributed by atoms with E-state index in [4.69, 9.17) is 4.18 Å². The highest BCUT2D eigenvalue weighted by Crippen LogP contribution is 2.24. The fourth-order valence-corrected chi connectivity index (χ4v) is 1.45. The van der Waals surface area contributed by atoms with Gasteiger partial charge in [0.1, 0.15) is 0 Å². The molecule has 0 aromatic rings. The lowest BCUT2D eigenvalue weighted by molar-refractivity contribution is 0.404. The molecule has 1 aliphatic carbocycles. The minimum Gasteiger partial charge on any atom is -0.311 e. The van der Waals surface area contributed by atoms with E-state index in [0.717, 1.165) is 13.0 Å². The maximum Gasteiger partial charge on any atom is 0.0590 e. The van der Waals surface area contributed by atoms with E-state index >= 15 is 0 Å². The molecule has 0 aromatic heterocycles. The van der Waals surface area contributed by atoms with Crippen LogP contribution in [0, 0.1) is 5.92 Å². The molecule has 0 aromatic carbocycles. The fourth-order valence-electron chi connectivity index (χ4n) is 0.897. The van der Waals surface area contributed by atoms with Gasteiger partial charge in [0.15, 0.2) is 0 Å². The Bertz CT molecular complexity index is 172. The second-order valence-corrected chi connectivity index (χ2v) is 3.54. The largest absolute Gasteiger partial charge is 0.311 e. The third-order valence-corrected chi connectivity index (χ3v) is 2.40. The van der Waals surface area contributed by atoms with Crippen molar-refractivity contribution in [3.63, 3.8) is 0 Å². The highest BCUT2D eigenvalue weighted by molar-refractivity contribution is 7.98. The molecule has 0 aliphatic heterocycles. The van der Waals surface area contributed by atoms with E-state index in [1.54, 1.807) is 0 Å². The van der Waals surface area contributed by atoms with E-state index < -0.39 is 0 Å². The van der Waals surface area contributed by atoms with Gasteiger partial charge in [0.05, 0.1) is 6.61 Å². The smallest absolute Gasteiger partial charge is 0.0590 e. The molecular weight excluding hydrogens is 156 g/mol. The van der Waals surface area contributed by atoms with Gasteiger partial charge in [-0.3, -0.25) is 0 Å². The van der Waals surface area contributed by atoms with Crippen LogP contribution in [0.1, 0.15) is 20.3 Å². The average molecular weight is 170 g/mol. The molecule has 0 radical (unpaired) electrons. The Kier molecular flexibility index (Phi) is 3.73. The van der Waals surface area contributed by atoms with Crippen LogP contribution in [0.25, 0.3) is 0 Å². The van der Waals surface area contributed by atoms with Crippen molar-refractivity contribution in [2.24, 2.45) is 5.92 Å². The van der Waals surface area contributed by atoms with E-state index in [0.29, 0.717) is 5.92 Å². The molecule has 2 heteroatoms. The summed E-state index contributed by atoms with van der Waals surface area (Å²) in [5, 5.41) is 0. The van der Waals surface area contributed by atoms with Crippen LogP contribution in [0.2, 0.25) is 0 Å². The molecule has 1 nitrogen and oxygen atoms in total. The van der Waals surface area contributed by atoms with Gasteiger partial charge >= 0.3 is 0 Å². The van der Waals surface area contributed by atoms with E-state index in [1.165, 1.54) is 16.9 Å². The van der Waals surface area contributed by atoms with Crippen LogP contribution in [0.15, 0.2) is 23.1 Å². The molecule has 0 saturated heterocycles. The molecule has 0 fully saturated rings. The predicted octanol–water partition coefficient (Wildman–Crippen LogP) is 3.15. The van der Waals surface area contributed by atoms with Crippen molar-refractivity contribution in [2.75, 3.05) is 6.61 Å². The van der Waals surface area contributed by atoms with E-state index in [9.17, 15) is 0 Å². The van der Waals surface area contributed by atoms with Gasteiger partial charge in [-0.15, -0.1) is 0 Å². The zero-order valence-electron chi connectivity index (χ0n) is 7.04. The van der Waals surface area contributed by atoms with Crippen molar-refractivity contribution in [1.82, 2.24) is 0 Å². The second-order valence-electron chi connectivity index (χ2n) is 2.67. The molecule has 11 heavy (non-hydrogen) atoms. The molecule has 0 amide bonds. The zero-order valence-corrected chi connectivity index (χ0v) is 7.86. The first-order valence-electron chi connectivity index (χ1n) is 4.00. The molecule has 1 aliphatic rings. The molecule has 1 unspecified atom stereocenters. The third-order valence-electron chi connectivity index (χ3n) is 1.55. The lowest BCUT2D eigenvalue weighted by Crippen LogP contribution is -1.92. The summed E-state index contributed by atoms with van der Waals surface area (Å²) < 4.78 is 5.21. The maximum absolute atomic E-state index is 5.21. The van der Waals surface area contributed by atoms with Gasteiger partial charge in [0, 0.05) is 16.9 Å². The number of rotatable bonds is 3. The SMILES string of the molecule is CCOSC1=CCC(C)C=C1. The first-order valence-corrected chi connectivity index (χ1v) is 4.75. The Morgan fingerprint density at radius 3 is 3.09 bits per heavy atom. The summed E-state index contributed by atoms with van der Waals surface area (Å²) >= 11 is 1.47. The summed E-state index contributed by atoms with van der Waals surface area (Å²) in [4.78, 5) is 1.24. The van der Waals surface area contributed by atoms with Crippen LogP contribution in [0.3, 0.4) is 0 Å². The van der Waals surface area contributed by atoms with Gasteiger partial charge in [-0.2, -0.15) is 0 Å². The monoisotopic (exact) mass is 170 g/mol. The van der Waals surface area contributed by atoms with Crippen molar-refractivity contribution in [2.45, 2.75) is 20.3 Å². The zero-order chi connectivity index (χ0) is 8.10. The van der Waals surface area contributed by atoms with Crippen LogP contribution in [-0.2, 0) is 4.18 Å². The minimum absolute atomic E-state index is 0.695. The molecule has 0 spiro atoms. The summed E-state index contributed by atoms with van der Waals surface area (Å²) in [6.07, 6.45) is 7.73. The van der Waals surface area contributed by atoms with E-state index in [2.05, 4.69) is 25.2 Å². The Balaban J connectivity index is 2.31. The van der Waals surface area contributed by atoms with Gasteiger partial charge in [-0.05, 0) is 19.3 Å². The van der Waals surface area contributed by atoms with Gasteiger partial charge in [0.25, 0.3) is 0 Å². The first kappa shape index (κ1) is 8.88. The second kappa shape index (κ2) is 4.62. The third kappa shape index (κ3) is 3.12. The van der Waals surface area contributed by atoms with Crippen LogP contribution >= 0.6 is 12.0 Å². The summed E-state index contributed by atoms with van der Waals surface area (Å²) in [7, 11) is 0. The molecule has 1 rings (SSSR count). The Morgan fingerprint density at radius 1 is 1.73 bits per heavy atom. The van der Waals surface area contributed by atoms with E-state index in [-0.39, 0.29) is 0 Å². The molecule has 0 saturated carbocycles. The number of hydrogen-bond acceptors (Lipinski definition) is 2. The summed E-state index contributed by atoms with van der Waals surface area (Å²) in [6, 6.07) is 0. The van der Waals surface area contributed by atoms with Crippen molar-refractivity contribution in [3.8, 4) is 0 Å². The number of allylic oxidation sites excluding steroid dienone is 3. The average Bonchev–Trinajstić information content (AvgIpc) is 2.04. The minimum atomic E-state index is 0.695. The maximum atomic E-state index is 5.21. The van der Waals surface area contributed by atoms with Gasteiger partial charge in [-0.25, -0.2) is 0 Å². The van der Waals surface area contributed by atoms with Crippen molar-refractivity contribution in [3.05, 3.63) is 23.1 Å². The molecule has 1 atom stereocenters. The fraction of sp³-hybridized carbons (Fsp3) is 0.556. The summed E-state index contributed by atoms with van der Waals surface area (Å²) in [5.74, 6) is 0.695. The Labute approximate surface area is 72.7 Å². The van der Waals surface area contributed by atoms with Gasteiger partial charge < -0.3 is 4.18 Å². The summed E-state index contributed by atoms with van der Waals surface area (Å²) in [6.45, 7) is 4.99. The quantitative estimate of drug-likeness (QED) is 0.602. The Morgan fingerprint density at radius 2 is 2.55 bits per heavy atom. The van der Waals surface area contributed by atoms with Gasteiger partial charge in [0.2, 0.25) is 0 Å². The highest BCUT2D eigenvalue weighted by atomic mass is 32.2. The highest BCUT2D eigenvalue weighted by Gasteiger charge is 2.03. The standard InChI is InChI=1S/C9H14OS/c1-3-10-11-9-6-4-8(2)5-7-9/h4,6-8H,3,5H2,1-2H3.